The van der Waals surface area contributed by atoms with Gasteiger partial charge in [0.05, 0.1) is 6.17 Å². The first-order valence-electron chi connectivity index (χ1n) is 15.3. The SMILES string of the molecule is CCCCC1(CCC)CNC(Nc2cccc3c2CN(C(=O)c2c(O)cc(O)cc2OCc2ccccc2)CC3)CN1. The average Bonchev–Trinajstić information content (AvgIpc) is 3.00. The Labute approximate surface area is 249 Å². The molecule has 0 aromatic heterocycles. The van der Waals surface area contributed by atoms with E-state index < -0.39 is 0 Å². The van der Waals surface area contributed by atoms with Gasteiger partial charge in [-0.3, -0.25) is 10.1 Å². The quantitative estimate of drug-likeness (QED) is 0.206. The summed E-state index contributed by atoms with van der Waals surface area (Å²) < 4.78 is 5.95. The van der Waals surface area contributed by atoms with Crippen LogP contribution in [0.2, 0.25) is 0 Å². The first kappa shape index (κ1) is 29.7. The minimum absolute atomic E-state index is 0.0649. The van der Waals surface area contributed by atoms with Crippen molar-refractivity contribution in [2.24, 2.45) is 0 Å². The summed E-state index contributed by atoms with van der Waals surface area (Å²) in [4.78, 5) is 15.6. The molecule has 1 amide bonds. The van der Waals surface area contributed by atoms with Gasteiger partial charge in [-0.05, 0) is 42.0 Å². The van der Waals surface area contributed by atoms with Crippen molar-refractivity contribution < 1.29 is 19.7 Å². The molecule has 2 aliphatic heterocycles. The maximum atomic E-state index is 13.9. The number of fused-ring (bicyclic) bond motifs is 1. The zero-order valence-electron chi connectivity index (χ0n) is 24.8. The van der Waals surface area contributed by atoms with Gasteiger partial charge >= 0.3 is 0 Å². The monoisotopic (exact) mass is 572 g/mol. The number of ether oxygens (including phenoxy) is 1. The van der Waals surface area contributed by atoms with E-state index in [0.29, 0.717) is 19.5 Å². The number of benzene rings is 3. The van der Waals surface area contributed by atoms with Gasteiger partial charge in [0.2, 0.25) is 0 Å². The van der Waals surface area contributed by atoms with Crippen molar-refractivity contribution in [3.8, 4) is 17.2 Å². The summed E-state index contributed by atoms with van der Waals surface area (Å²) >= 11 is 0. The number of phenolic OH excluding ortho intramolecular Hbond substituents is 2. The molecule has 5 N–H and O–H groups in total. The van der Waals surface area contributed by atoms with Crippen LogP contribution in [0.25, 0.3) is 0 Å². The number of rotatable bonds is 11. The van der Waals surface area contributed by atoms with Crippen LogP contribution in [-0.2, 0) is 19.6 Å². The summed E-state index contributed by atoms with van der Waals surface area (Å²) in [5.41, 5.74) is 4.44. The van der Waals surface area contributed by atoms with E-state index in [4.69, 9.17) is 4.74 Å². The maximum absolute atomic E-state index is 13.9. The fourth-order valence-electron chi connectivity index (χ4n) is 6.23. The molecule has 3 aromatic rings. The lowest BCUT2D eigenvalue weighted by atomic mass is 9.86. The number of nitrogens with one attached hydrogen (secondary N) is 3. The smallest absolute Gasteiger partial charge is 0.261 e. The molecule has 1 fully saturated rings. The molecule has 3 aromatic carbocycles. The topological polar surface area (TPSA) is 106 Å². The third-order valence-corrected chi connectivity index (χ3v) is 8.51. The van der Waals surface area contributed by atoms with Gasteiger partial charge in [-0.25, -0.2) is 0 Å². The summed E-state index contributed by atoms with van der Waals surface area (Å²) in [5.74, 6) is -0.617. The average molecular weight is 573 g/mol. The molecule has 5 rings (SSSR count). The molecule has 0 radical (unpaired) electrons. The number of aromatic hydroxyl groups is 2. The highest BCUT2D eigenvalue weighted by molar-refractivity contribution is 6.00. The Balaban J connectivity index is 1.30. The van der Waals surface area contributed by atoms with Gasteiger partial charge in [-0.1, -0.05) is 75.6 Å². The van der Waals surface area contributed by atoms with Gasteiger partial charge in [-0.2, -0.15) is 0 Å². The number of hydrogen-bond donors (Lipinski definition) is 5. The molecule has 2 heterocycles. The number of amides is 1. The number of piperazine rings is 1. The van der Waals surface area contributed by atoms with E-state index in [2.05, 4.69) is 48.0 Å². The van der Waals surface area contributed by atoms with Crippen molar-refractivity contribution in [1.82, 2.24) is 15.5 Å². The van der Waals surface area contributed by atoms with E-state index >= 15 is 0 Å². The number of anilines is 1. The van der Waals surface area contributed by atoms with Crippen LogP contribution in [0.3, 0.4) is 0 Å². The van der Waals surface area contributed by atoms with Crippen molar-refractivity contribution in [2.45, 2.75) is 77.2 Å². The van der Waals surface area contributed by atoms with Crippen molar-refractivity contribution in [3.63, 3.8) is 0 Å². The summed E-state index contributed by atoms with van der Waals surface area (Å²) in [6.07, 6.45) is 6.70. The predicted octanol–water partition coefficient (Wildman–Crippen LogP) is 5.54. The molecule has 2 aliphatic rings. The number of carbonyl (C=O) groups excluding carboxylic acids is 1. The van der Waals surface area contributed by atoms with E-state index in [9.17, 15) is 15.0 Å². The highest BCUT2D eigenvalue weighted by Gasteiger charge is 2.34. The molecule has 0 saturated carbocycles. The van der Waals surface area contributed by atoms with Gasteiger partial charge < -0.3 is 30.5 Å². The lowest BCUT2D eigenvalue weighted by Gasteiger charge is -2.43. The second-order valence-corrected chi connectivity index (χ2v) is 11.6. The van der Waals surface area contributed by atoms with Gasteiger partial charge in [0, 0.05) is 49.5 Å². The van der Waals surface area contributed by atoms with Crippen LogP contribution < -0.4 is 20.7 Å². The standard InChI is InChI=1S/C34H44N4O4/c1-3-5-16-34(15-4-2)23-35-31(20-36-34)37-28-13-9-12-25-14-17-38(21-27(25)28)33(41)32-29(40)18-26(39)19-30(32)42-22-24-10-7-6-8-11-24/h6-13,18-19,31,35-37,39-40H,3-5,14-17,20-23H2,1-2H3. The van der Waals surface area contributed by atoms with Gasteiger partial charge in [-0.15, -0.1) is 0 Å². The molecule has 0 bridgehead atoms. The van der Waals surface area contributed by atoms with E-state index in [1.165, 1.54) is 37.0 Å². The normalized spacial score (nSPS) is 20.1. The van der Waals surface area contributed by atoms with E-state index in [1.807, 2.05) is 30.3 Å². The predicted molar refractivity (Wildman–Crippen MR) is 166 cm³/mol. The molecule has 2 atom stereocenters. The molecule has 42 heavy (non-hydrogen) atoms. The van der Waals surface area contributed by atoms with Crippen LogP contribution in [0.5, 0.6) is 17.2 Å². The van der Waals surface area contributed by atoms with Crippen molar-refractivity contribution in [2.75, 3.05) is 25.0 Å². The Morgan fingerprint density at radius 2 is 1.90 bits per heavy atom. The Hall–Kier alpha value is -3.75. The lowest BCUT2D eigenvalue weighted by molar-refractivity contribution is 0.0726. The number of nitrogens with zero attached hydrogens (tertiary/aromatic N) is 1. The van der Waals surface area contributed by atoms with Crippen LogP contribution in [0.1, 0.15) is 73.0 Å². The third kappa shape index (κ3) is 6.82. The second kappa shape index (κ2) is 13.5. The minimum atomic E-state index is -0.325. The van der Waals surface area contributed by atoms with Crippen LogP contribution in [0.4, 0.5) is 5.69 Å². The third-order valence-electron chi connectivity index (χ3n) is 8.51. The summed E-state index contributed by atoms with van der Waals surface area (Å²) in [7, 11) is 0. The Bertz CT molecular complexity index is 1360. The Morgan fingerprint density at radius 1 is 1.07 bits per heavy atom. The zero-order valence-corrected chi connectivity index (χ0v) is 24.8. The van der Waals surface area contributed by atoms with Gasteiger partial charge in [0.1, 0.15) is 29.4 Å². The lowest BCUT2D eigenvalue weighted by Crippen LogP contribution is -2.64. The summed E-state index contributed by atoms with van der Waals surface area (Å²) in [6, 6.07) is 18.4. The van der Waals surface area contributed by atoms with E-state index in [0.717, 1.165) is 42.7 Å². The molecule has 8 nitrogen and oxygen atoms in total. The first-order valence-corrected chi connectivity index (χ1v) is 15.3. The number of carbonyl (C=O) groups is 1. The van der Waals surface area contributed by atoms with Crippen LogP contribution in [0.15, 0.2) is 60.7 Å². The zero-order chi connectivity index (χ0) is 29.5. The summed E-state index contributed by atoms with van der Waals surface area (Å²) in [5, 5.41) is 32.2. The molecular weight excluding hydrogens is 528 g/mol. The Kier molecular flexibility index (Phi) is 9.55. The van der Waals surface area contributed by atoms with Gasteiger partial charge in [0.15, 0.2) is 0 Å². The van der Waals surface area contributed by atoms with Gasteiger partial charge in [0.25, 0.3) is 5.91 Å². The van der Waals surface area contributed by atoms with Crippen LogP contribution in [0, 0.1) is 0 Å². The molecule has 1 saturated heterocycles. The number of unbranched alkanes of at least 4 members (excludes halogenated alkanes) is 1. The highest BCUT2D eigenvalue weighted by Crippen LogP contribution is 2.36. The highest BCUT2D eigenvalue weighted by atomic mass is 16.5. The minimum Gasteiger partial charge on any atom is -0.508 e. The maximum Gasteiger partial charge on any atom is 0.261 e. The summed E-state index contributed by atoms with van der Waals surface area (Å²) in [6.45, 7) is 7.37. The number of hydrogen-bond acceptors (Lipinski definition) is 7. The molecule has 8 heteroatoms. The fourth-order valence-corrected chi connectivity index (χ4v) is 6.23. The van der Waals surface area contributed by atoms with E-state index in [1.54, 1.807) is 4.90 Å². The van der Waals surface area contributed by atoms with Crippen molar-refractivity contribution in [3.05, 3.63) is 82.9 Å². The molecular formula is C34H44N4O4. The van der Waals surface area contributed by atoms with E-state index in [-0.39, 0.29) is 47.0 Å². The van der Waals surface area contributed by atoms with Crippen LogP contribution >= 0.6 is 0 Å². The van der Waals surface area contributed by atoms with Crippen LogP contribution in [-0.4, -0.2) is 52.4 Å². The molecule has 224 valence electrons. The van der Waals surface area contributed by atoms with Crippen molar-refractivity contribution >= 4 is 11.6 Å². The Morgan fingerprint density at radius 3 is 2.64 bits per heavy atom. The van der Waals surface area contributed by atoms with Crippen molar-refractivity contribution in [1.29, 1.82) is 0 Å². The largest absolute Gasteiger partial charge is 0.508 e. The molecule has 0 aliphatic carbocycles. The second-order valence-electron chi connectivity index (χ2n) is 11.6. The molecule has 2 unspecified atom stereocenters. The molecule has 0 spiro atoms. The number of phenols is 2. The first-order chi connectivity index (χ1) is 20.4. The fraction of sp³-hybridized carbons (Fsp3) is 0.441.